The van der Waals surface area contributed by atoms with E-state index in [2.05, 4.69) is 24.1 Å². The zero-order valence-corrected chi connectivity index (χ0v) is 10.4. The molecule has 0 aliphatic carbocycles. The van der Waals surface area contributed by atoms with Gasteiger partial charge in [-0.1, -0.05) is 13.8 Å². The van der Waals surface area contributed by atoms with Crippen LogP contribution in [0.5, 0.6) is 5.75 Å². The minimum atomic E-state index is 0.00240. The van der Waals surface area contributed by atoms with Crippen LogP contribution in [-0.2, 0) is 4.79 Å². The molecule has 1 rings (SSSR count). The fraction of sp³-hybridized carbons (Fsp3) is 0.462. The number of hydrogen-bond donors (Lipinski definition) is 2. The number of nitrogens with zero attached hydrogens (tertiary/aromatic N) is 1. The molecule has 4 heteroatoms. The number of amides is 1. The predicted octanol–water partition coefficient (Wildman–Crippen LogP) is 2.06. The quantitative estimate of drug-likeness (QED) is 0.743. The topological polar surface area (TPSA) is 52.6 Å². The molecule has 2 N–H and O–H groups in total. The second kappa shape index (κ2) is 6.91. The standard InChI is InChI=1S/C13H20N2O2/c1-3-15(4-2)10-9-13(17)14-11-5-7-12(16)8-6-11/h5-8,16H,3-4,9-10H2,1-2H3,(H,14,17). The molecular formula is C13H20N2O2. The second-order valence-corrected chi connectivity index (χ2v) is 3.87. The minimum Gasteiger partial charge on any atom is -0.508 e. The summed E-state index contributed by atoms with van der Waals surface area (Å²) < 4.78 is 0. The van der Waals surface area contributed by atoms with Gasteiger partial charge in [0.05, 0.1) is 0 Å². The van der Waals surface area contributed by atoms with Crippen molar-refractivity contribution < 1.29 is 9.90 Å². The first kappa shape index (κ1) is 13.5. The van der Waals surface area contributed by atoms with Crippen LogP contribution in [0.25, 0.3) is 0 Å². The number of benzene rings is 1. The number of rotatable bonds is 6. The number of phenols is 1. The van der Waals surface area contributed by atoms with Crippen molar-refractivity contribution in [3.8, 4) is 5.75 Å². The minimum absolute atomic E-state index is 0.00240. The SMILES string of the molecule is CCN(CC)CCC(=O)Nc1ccc(O)cc1. The fourth-order valence-electron chi connectivity index (χ4n) is 1.57. The van der Waals surface area contributed by atoms with E-state index in [1.807, 2.05) is 0 Å². The monoisotopic (exact) mass is 236 g/mol. The van der Waals surface area contributed by atoms with E-state index < -0.39 is 0 Å². The van der Waals surface area contributed by atoms with Crippen LogP contribution >= 0.6 is 0 Å². The molecule has 0 aliphatic rings. The van der Waals surface area contributed by atoms with E-state index in [9.17, 15) is 4.79 Å². The Balaban J connectivity index is 2.37. The van der Waals surface area contributed by atoms with Gasteiger partial charge in [0.25, 0.3) is 0 Å². The van der Waals surface area contributed by atoms with Gasteiger partial charge in [-0.05, 0) is 37.4 Å². The van der Waals surface area contributed by atoms with E-state index in [1.54, 1.807) is 24.3 Å². The summed E-state index contributed by atoms with van der Waals surface area (Å²) in [7, 11) is 0. The van der Waals surface area contributed by atoms with E-state index in [1.165, 1.54) is 0 Å². The van der Waals surface area contributed by atoms with E-state index in [0.29, 0.717) is 12.1 Å². The zero-order valence-electron chi connectivity index (χ0n) is 10.4. The molecule has 0 heterocycles. The van der Waals surface area contributed by atoms with Gasteiger partial charge in [0.2, 0.25) is 5.91 Å². The maximum atomic E-state index is 11.6. The van der Waals surface area contributed by atoms with Crippen molar-refractivity contribution in [2.45, 2.75) is 20.3 Å². The average molecular weight is 236 g/mol. The van der Waals surface area contributed by atoms with Crippen molar-refractivity contribution in [3.05, 3.63) is 24.3 Å². The number of carbonyl (C=O) groups is 1. The van der Waals surface area contributed by atoms with Crippen LogP contribution in [0, 0.1) is 0 Å². The Bertz CT molecular complexity index is 345. The molecule has 0 saturated carbocycles. The molecule has 0 aromatic heterocycles. The first-order chi connectivity index (χ1) is 8.15. The van der Waals surface area contributed by atoms with Gasteiger partial charge >= 0.3 is 0 Å². The van der Waals surface area contributed by atoms with E-state index in [-0.39, 0.29) is 11.7 Å². The lowest BCUT2D eigenvalue weighted by atomic mass is 10.3. The van der Waals surface area contributed by atoms with Gasteiger partial charge in [-0.2, -0.15) is 0 Å². The summed E-state index contributed by atoms with van der Waals surface area (Å²) in [5.74, 6) is 0.203. The highest BCUT2D eigenvalue weighted by Gasteiger charge is 2.05. The number of aromatic hydroxyl groups is 1. The van der Waals surface area contributed by atoms with Crippen molar-refractivity contribution >= 4 is 11.6 Å². The molecule has 4 nitrogen and oxygen atoms in total. The normalized spacial score (nSPS) is 10.5. The summed E-state index contributed by atoms with van der Waals surface area (Å²) in [4.78, 5) is 13.8. The smallest absolute Gasteiger partial charge is 0.225 e. The molecule has 94 valence electrons. The molecule has 0 spiro atoms. The lowest BCUT2D eigenvalue weighted by Gasteiger charge is -2.17. The summed E-state index contributed by atoms with van der Waals surface area (Å²) in [5, 5.41) is 11.9. The molecule has 0 atom stereocenters. The summed E-state index contributed by atoms with van der Waals surface area (Å²) in [6.07, 6.45) is 0.489. The van der Waals surface area contributed by atoms with E-state index in [0.717, 1.165) is 19.6 Å². The first-order valence-electron chi connectivity index (χ1n) is 5.97. The predicted molar refractivity (Wildman–Crippen MR) is 69.1 cm³/mol. The van der Waals surface area contributed by atoms with Crippen molar-refractivity contribution in [1.29, 1.82) is 0 Å². The average Bonchev–Trinajstić information content (AvgIpc) is 2.33. The lowest BCUT2D eigenvalue weighted by Crippen LogP contribution is -2.27. The van der Waals surface area contributed by atoms with Crippen molar-refractivity contribution in [1.82, 2.24) is 4.90 Å². The van der Waals surface area contributed by atoms with Gasteiger partial charge in [-0.25, -0.2) is 0 Å². The Morgan fingerprint density at radius 3 is 2.35 bits per heavy atom. The molecule has 0 saturated heterocycles. The van der Waals surface area contributed by atoms with Crippen LogP contribution in [0.4, 0.5) is 5.69 Å². The highest BCUT2D eigenvalue weighted by atomic mass is 16.3. The van der Waals surface area contributed by atoms with Crippen LogP contribution in [-0.4, -0.2) is 35.5 Å². The largest absolute Gasteiger partial charge is 0.508 e. The molecular weight excluding hydrogens is 216 g/mol. The zero-order chi connectivity index (χ0) is 12.7. The molecule has 0 unspecified atom stereocenters. The summed E-state index contributed by atoms with van der Waals surface area (Å²) in [6.45, 7) is 6.87. The molecule has 17 heavy (non-hydrogen) atoms. The van der Waals surface area contributed by atoms with Crippen LogP contribution in [0.2, 0.25) is 0 Å². The van der Waals surface area contributed by atoms with E-state index in [4.69, 9.17) is 5.11 Å². The maximum absolute atomic E-state index is 11.6. The molecule has 0 fully saturated rings. The number of carbonyl (C=O) groups excluding carboxylic acids is 1. The third-order valence-electron chi connectivity index (χ3n) is 2.70. The van der Waals surface area contributed by atoms with Gasteiger partial charge in [0.1, 0.15) is 5.75 Å². The molecule has 0 aliphatic heterocycles. The van der Waals surface area contributed by atoms with E-state index >= 15 is 0 Å². The first-order valence-corrected chi connectivity index (χ1v) is 5.97. The van der Waals surface area contributed by atoms with Crippen LogP contribution in [0.1, 0.15) is 20.3 Å². The molecule has 0 radical (unpaired) electrons. The Kier molecular flexibility index (Phi) is 5.49. The van der Waals surface area contributed by atoms with Crippen molar-refractivity contribution in [3.63, 3.8) is 0 Å². The highest BCUT2D eigenvalue weighted by molar-refractivity contribution is 5.90. The lowest BCUT2D eigenvalue weighted by molar-refractivity contribution is -0.116. The van der Waals surface area contributed by atoms with Gasteiger partial charge < -0.3 is 15.3 Å². The Morgan fingerprint density at radius 2 is 1.82 bits per heavy atom. The van der Waals surface area contributed by atoms with Crippen LogP contribution < -0.4 is 5.32 Å². The van der Waals surface area contributed by atoms with Crippen LogP contribution in [0.3, 0.4) is 0 Å². The van der Waals surface area contributed by atoms with Gasteiger partial charge in [-0.15, -0.1) is 0 Å². The summed E-state index contributed by atoms with van der Waals surface area (Å²) in [6, 6.07) is 6.48. The Hall–Kier alpha value is -1.55. The molecule has 1 amide bonds. The van der Waals surface area contributed by atoms with Crippen molar-refractivity contribution in [2.75, 3.05) is 25.0 Å². The third-order valence-corrected chi connectivity index (χ3v) is 2.70. The number of phenolic OH excluding ortho intramolecular Hbond substituents is 1. The maximum Gasteiger partial charge on any atom is 0.225 e. The number of anilines is 1. The highest BCUT2D eigenvalue weighted by Crippen LogP contribution is 2.13. The van der Waals surface area contributed by atoms with Crippen molar-refractivity contribution in [2.24, 2.45) is 0 Å². The third kappa shape index (κ3) is 4.87. The molecule has 1 aromatic rings. The van der Waals surface area contributed by atoms with Gasteiger partial charge in [0.15, 0.2) is 0 Å². The number of hydrogen-bond acceptors (Lipinski definition) is 3. The van der Waals surface area contributed by atoms with Crippen LogP contribution in [0.15, 0.2) is 24.3 Å². The summed E-state index contributed by atoms with van der Waals surface area (Å²) >= 11 is 0. The van der Waals surface area contributed by atoms with Gasteiger partial charge in [-0.3, -0.25) is 4.79 Å². The summed E-state index contributed by atoms with van der Waals surface area (Å²) in [5.41, 5.74) is 0.715. The Labute approximate surface area is 102 Å². The fourth-order valence-corrected chi connectivity index (χ4v) is 1.57. The molecule has 0 bridgehead atoms. The second-order valence-electron chi connectivity index (χ2n) is 3.87. The molecule has 1 aromatic carbocycles. The van der Waals surface area contributed by atoms with Gasteiger partial charge in [0, 0.05) is 18.7 Å². The Morgan fingerprint density at radius 1 is 1.24 bits per heavy atom. The number of nitrogens with one attached hydrogen (secondary N) is 1.